The molecule has 0 saturated heterocycles. The molecule has 3 heterocycles. The summed E-state index contributed by atoms with van der Waals surface area (Å²) in [7, 11) is 0. The fraction of sp³-hybridized carbons (Fsp3) is 0.333. The second kappa shape index (κ2) is 9.07. The van der Waals surface area contributed by atoms with Crippen LogP contribution < -0.4 is 10.9 Å². The molecule has 0 atom stereocenters. The van der Waals surface area contributed by atoms with Gasteiger partial charge >= 0.3 is 5.97 Å². The predicted molar refractivity (Wildman–Crippen MR) is 121 cm³/mol. The smallest absolute Gasteiger partial charge is 0.305 e. The van der Waals surface area contributed by atoms with Gasteiger partial charge in [-0.25, -0.2) is 0 Å². The number of carbonyl (C=O) groups excluding carboxylic acids is 1. The number of thiophene rings is 1. The standard InChI is InChI=1S/C21H23ClN4O4S/c1-21(2,3)20(30)26-17(23-12-13-6-7-16(22)31-13)11-15(24-26)14-5-4-9-25(19(14)29)10-8-18(27)28/h4-7,9,11,23H,8,10,12H2,1-3H3,(H,27,28)/i6D,7D,12D2. The van der Waals surface area contributed by atoms with Crippen LogP contribution in [0.5, 0.6) is 0 Å². The quantitative estimate of drug-likeness (QED) is 0.540. The molecule has 0 aliphatic rings. The summed E-state index contributed by atoms with van der Waals surface area (Å²) >= 11 is 6.66. The number of nitrogens with one attached hydrogen (secondary N) is 1. The van der Waals surface area contributed by atoms with Crippen LogP contribution in [-0.2, 0) is 17.8 Å². The molecule has 0 fully saturated rings. The zero-order chi connectivity index (χ0) is 26.3. The number of halogens is 1. The summed E-state index contributed by atoms with van der Waals surface area (Å²) in [5.41, 5.74) is -1.26. The van der Waals surface area contributed by atoms with Gasteiger partial charge in [0.2, 0.25) is 0 Å². The van der Waals surface area contributed by atoms with Crippen molar-refractivity contribution in [1.82, 2.24) is 14.3 Å². The van der Waals surface area contributed by atoms with Gasteiger partial charge in [0.05, 0.1) is 28.3 Å². The Morgan fingerprint density at radius 1 is 1.39 bits per heavy atom. The molecule has 0 saturated carbocycles. The third kappa shape index (κ3) is 5.42. The molecule has 0 aromatic carbocycles. The summed E-state index contributed by atoms with van der Waals surface area (Å²) < 4.78 is 34.9. The van der Waals surface area contributed by atoms with Gasteiger partial charge in [-0.1, -0.05) is 32.4 Å². The lowest BCUT2D eigenvalue weighted by Gasteiger charge is -2.18. The van der Waals surface area contributed by atoms with Crippen LogP contribution in [0.15, 0.2) is 41.3 Å². The van der Waals surface area contributed by atoms with Crippen molar-refractivity contribution in [2.45, 2.75) is 40.2 Å². The molecule has 0 aliphatic heterocycles. The molecule has 164 valence electrons. The van der Waals surface area contributed by atoms with Crippen LogP contribution in [-0.4, -0.2) is 31.3 Å². The zero-order valence-electron chi connectivity index (χ0n) is 21.0. The lowest BCUT2D eigenvalue weighted by Crippen LogP contribution is -2.29. The number of aliphatic carboxylic acids is 1. The van der Waals surface area contributed by atoms with E-state index in [1.165, 1.54) is 22.9 Å². The Balaban J connectivity index is 2.11. The Kier molecular flexibility index (Phi) is 5.19. The van der Waals surface area contributed by atoms with Gasteiger partial charge in [-0.15, -0.1) is 11.3 Å². The Bertz CT molecular complexity index is 1360. The van der Waals surface area contributed by atoms with E-state index in [4.69, 9.17) is 22.2 Å². The Morgan fingerprint density at radius 2 is 2.13 bits per heavy atom. The summed E-state index contributed by atoms with van der Waals surface area (Å²) in [5.74, 6) is -1.62. The summed E-state index contributed by atoms with van der Waals surface area (Å²) in [6, 6.07) is 3.67. The number of carbonyl (C=O) groups is 2. The molecule has 0 radical (unpaired) electrons. The monoisotopic (exact) mass is 466 g/mol. The first-order valence-electron chi connectivity index (χ1n) is 11.2. The van der Waals surface area contributed by atoms with Crippen molar-refractivity contribution in [1.29, 1.82) is 0 Å². The molecule has 31 heavy (non-hydrogen) atoms. The molecule has 0 bridgehead atoms. The van der Waals surface area contributed by atoms with Crippen LogP contribution in [0.2, 0.25) is 4.34 Å². The zero-order valence-corrected chi connectivity index (χ0v) is 18.6. The van der Waals surface area contributed by atoms with Gasteiger partial charge in [0.1, 0.15) is 11.5 Å². The normalized spacial score (nSPS) is 13.8. The topological polar surface area (TPSA) is 106 Å². The van der Waals surface area contributed by atoms with Gasteiger partial charge in [0.15, 0.2) is 0 Å². The van der Waals surface area contributed by atoms with Crippen LogP contribution >= 0.6 is 22.9 Å². The van der Waals surface area contributed by atoms with Crippen molar-refractivity contribution in [3.63, 3.8) is 0 Å². The van der Waals surface area contributed by atoms with Crippen molar-refractivity contribution >= 4 is 40.6 Å². The fourth-order valence-electron chi connectivity index (χ4n) is 2.62. The van der Waals surface area contributed by atoms with Gasteiger partial charge in [-0.05, 0) is 24.2 Å². The van der Waals surface area contributed by atoms with E-state index in [1.807, 2.05) is 0 Å². The summed E-state index contributed by atoms with van der Waals surface area (Å²) in [5, 5.41) is 15.8. The number of nitrogens with zero attached hydrogens (tertiary/aromatic N) is 3. The molecule has 0 amide bonds. The van der Waals surface area contributed by atoms with Crippen molar-refractivity contribution in [3.05, 3.63) is 56.0 Å². The third-order valence-electron chi connectivity index (χ3n) is 4.18. The minimum Gasteiger partial charge on any atom is -0.481 e. The molecular formula is C21H23ClN4O4S. The van der Waals surface area contributed by atoms with Crippen LogP contribution in [0.3, 0.4) is 0 Å². The maximum absolute atomic E-state index is 13.1. The molecular weight excluding hydrogens is 440 g/mol. The molecule has 0 unspecified atom stereocenters. The van der Waals surface area contributed by atoms with E-state index in [2.05, 4.69) is 10.4 Å². The van der Waals surface area contributed by atoms with Crippen molar-refractivity contribution in [2.24, 2.45) is 5.41 Å². The Hall–Kier alpha value is -2.91. The van der Waals surface area contributed by atoms with Crippen LogP contribution in [0.25, 0.3) is 11.3 Å². The van der Waals surface area contributed by atoms with E-state index >= 15 is 0 Å². The Labute approximate surface area is 193 Å². The lowest BCUT2D eigenvalue weighted by atomic mass is 9.96. The highest BCUT2D eigenvalue weighted by atomic mass is 35.5. The van der Waals surface area contributed by atoms with Crippen LogP contribution in [0.1, 0.15) is 42.3 Å². The molecule has 10 heteroatoms. The highest BCUT2D eigenvalue weighted by Crippen LogP contribution is 2.26. The van der Waals surface area contributed by atoms with Gasteiger partial charge in [0.25, 0.3) is 11.5 Å². The number of aryl methyl sites for hydroxylation is 1. The molecule has 3 aromatic heterocycles. The van der Waals surface area contributed by atoms with E-state index in [1.54, 1.807) is 26.8 Å². The number of pyridine rings is 1. The van der Waals surface area contributed by atoms with E-state index < -0.39 is 29.3 Å². The molecule has 0 aliphatic carbocycles. The third-order valence-corrected chi connectivity index (χ3v) is 5.19. The average Bonchev–Trinajstić information content (AvgIpc) is 3.27. The fourth-order valence-corrected chi connectivity index (χ4v) is 3.39. The first-order chi connectivity index (χ1) is 16.1. The molecule has 8 nitrogen and oxygen atoms in total. The summed E-state index contributed by atoms with van der Waals surface area (Å²) in [6.07, 6.45) is 1.18. The minimum absolute atomic E-state index is 0.0400. The molecule has 3 aromatic rings. The van der Waals surface area contributed by atoms with E-state index in [9.17, 15) is 14.4 Å². The van der Waals surface area contributed by atoms with E-state index in [-0.39, 0.29) is 51.3 Å². The minimum atomic E-state index is -2.39. The van der Waals surface area contributed by atoms with Crippen molar-refractivity contribution in [2.75, 3.05) is 5.32 Å². The van der Waals surface area contributed by atoms with Gasteiger partial charge in [-0.2, -0.15) is 9.78 Å². The van der Waals surface area contributed by atoms with E-state index in [0.29, 0.717) is 0 Å². The molecule has 3 rings (SSSR count). The second-order valence-electron chi connectivity index (χ2n) is 7.65. The van der Waals surface area contributed by atoms with Gasteiger partial charge < -0.3 is 15.0 Å². The van der Waals surface area contributed by atoms with E-state index in [0.717, 1.165) is 16.0 Å². The van der Waals surface area contributed by atoms with Crippen molar-refractivity contribution < 1.29 is 20.2 Å². The number of carboxylic acids is 1. The highest BCUT2D eigenvalue weighted by molar-refractivity contribution is 7.16. The number of anilines is 1. The molecule has 2 N–H and O–H groups in total. The summed E-state index contributed by atoms with van der Waals surface area (Å²) in [6.45, 7) is 2.52. The predicted octanol–water partition coefficient (Wildman–Crippen LogP) is 4.20. The largest absolute Gasteiger partial charge is 0.481 e. The Morgan fingerprint density at radius 3 is 2.74 bits per heavy atom. The lowest BCUT2D eigenvalue weighted by molar-refractivity contribution is -0.137. The maximum atomic E-state index is 13.1. The van der Waals surface area contributed by atoms with Crippen LogP contribution in [0, 0.1) is 5.41 Å². The van der Waals surface area contributed by atoms with Crippen LogP contribution in [0.4, 0.5) is 5.82 Å². The molecule has 0 spiro atoms. The number of aromatic nitrogens is 3. The van der Waals surface area contributed by atoms with Gasteiger partial charge in [-0.3, -0.25) is 14.4 Å². The number of hydrogen-bond acceptors (Lipinski definition) is 6. The second-order valence-corrected chi connectivity index (χ2v) is 9.27. The van der Waals surface area contributed by atoms with Crippen molar-refractivity contribution in [3.8, 4) is 11.3 Å². The summed E-state index contributed by atoms with van der Waals surface area (Å²) in [4.78, 5) is 36.8. The first kappa shape index (κ1) is 17.7. The maximum Gasteiger partial charge on any atom is 0.305 e. The van der Waals surface area contributed by atoms with Gasteiger partial charge in [0, 0.05) is 29.1 Å². The first-order valence-corrected chi connectivity index (χ1v) is 10.4. The number of carboxylic acid groups (broad SMARTS) is 1. The highest BCUT2D eigenvalue weighted by Gasteiger charge is 2.27. The number of hydrogen-bond donors (Lipinski definition) is 2. The number of rotatable bonds is 7. The average molecular weight is 467 g/mol. The SMILES string of the molecule is [2H]c1c(Cl)sc(C([2H])([2H])Nc2cc(-c3cccn(CCC(=O)O)c3=O)nn2C(=O)C(C)(C)C)c1[2H].